The topological polar surface area (TPSA) is 64.9 Å². The Morgan fingerprint density at radius 1 is 1.47 bits per heavy atom. The molecule has 2 N–H and O–H groups in total. The highest BCUT2D eigenvalue weighted by molar-refractivity contribution is 5.89. The zero-order valence-corrected chi connectivity index (χ0v) is 7.55. The van der Waals surface area contributed by atoms with Crippen LogP contribution in [0.3, 0.4) is 0 Å². The number of rotatable bonds is 2. The van der Waals surface area contributed by atoms with E-state index in [1.165, 1.54) is 0 Å². The summed E-state index contributed by atoms with van der Waals surface area (Å²) in [7, 11) is 0. The van der Waals surface area contributed by atoms with Gasteiger partial charge in [-0.25, -0.2) is 13.6 Å². The van der Waals surface area contributed by atoms with Crippen LogP contribution in [-0.4, -0.2) is 12.6 Å². The second-order valence-corrected chi connectivity index (χ2v) is 2.59. The molecule has 0 heterocycles. The molecule has 6 heteroatoms. The maximum absolute atomic E-state index is 13.0. The third-order valence-electron chi connectivity index (χ3n) is 1.51. The first kappa shape index (κ1) is 10.9. The first-order valence-electron chi connectivity index (χ1n) is 4.00. The van der Waals surface area contributed by atoms with Crippen LogP contribution in [0.2, 0.25) is 0 Å². The number of benzene rings is 1. The van der Waals surface area contributed by atoms with Gasteiger partial charge in [0.25, 0.3) is 0 Å². The van der Waals surface area contributed by atoms with Crippen LogP contribution in [0.15, 0.2) is 18.2 Å². The quantitative estimate of drug-likeness (QED) is 0.730. The Hall–Kier alpha value is -2.16. The normalized spacial score (nSPS) is 9.13. The van der Waals surface area contributed by atoms with Crippen LogP contribution in [-0.2, 0) is 0 Å². The van der Waals surface area contributed by atoms with Crippen molar-refractivity contribution < 1.29 is 13.6 Å². The first-order valence-corrected chi connectivity index (χ1v) is 4.00. The van der Waals surface area contributed by atoms with E-state index in [4.69, 9.17) is 5.26 Å². The number of hydrogen-bond donors (Lipinski definition) is 2. The summed E-state index contributed by atoms with van der Waals surface area (Å²) in [5, 5.41) is 12.4. The molecule has 0 aliphatic rings. The molecule has 0 bridgehead atoms. The van der Waals surface area contributed by atoms with E-state index in [-0.39, 0.29) is 12.2 Å². The zero-order valence-electron chi connectivity index (χ0n) is 7.55. The molecule has 1 aromatic rings. The van der Waals surface area contributed by atoms with E-state index < -0.39 is 17.7 Å². The Kier molecular flexibility index (Phi) is 3.57. The molecule has 0 spiro atoms. The van der Waals surface area contributed by atoms with Crippen LogP contribution in [0.25, 0.3) is 0 Å². The van der Waals surface area contributed by atoms with Crippen molar-refractivity contribution in [1.29, 1.82) is 5.26 Å². The molecule has 0 unspecified atom stereocenters. The SMILES string of the molecule is N#CCNC(=O)Nc1ccc(F)cc1F. The average molecular weight is 211 g/mol. The van der Waals surface area contributed by atoms with E-state index in [2.05, 4.69) is 10.6 Å². The summed E-state index contributed by atoms with van der Waals surface area (Å²) in [4.78, 5) is 11.0. The van der Waals surface area contributed by atoms with Crippen LogP contribution in [0.5, 0.6) is 0 Å². The van der Waals surface area contributed by atoms with E-state index in [1.54, 1.807) is 6.07 Å². The smallest absolute Gasteiger partial charge is 0.320 e. The van der Waals surface area contributed by atoms with Crippen LogP contribution in [0.4, 0.5) is 19.3 Å². The van der Waals surface area contributed by atoms with Gasteiger partial charge in [-0.2, -0.15) is 5.26 Å². The van der Waals surface area contributed by atoms with Crippen molar-refractivity contribution in [1.82, 2.24) is 5.32 Å². The highest BCUT2D eigenvalue weighted by Gasteiger charge is 2.06. The molecule has 0 radical (unpaired) electrons. The number of nitrogens with zero attached hydrogens (tertiary/aromatic N) is 1. The van der Waals surface area contributed by atoms with Gasteiger partial charge >= 0.3 is 6.03 Å². The van der Waals surface area contributed by atoms with Crippen LogP contribution in [0.1, 0.15) is 0 Å². The minimum absolute atomic E-state index is 0.146. The van der Waals surface area contributed by atoms with Crippen molar-refractivity contribution in [2.24, 2.45) is 0 Å². The Bertz CT molecular complexity index is 414. The summed E-state index contributed by atoms with van der Waals surface area (Å²) < 4.78 is 25.5. The minimum Gasteiger partial charge on any atom is -0.325 e. The van der Waals surface area contributed by atoms with Crippen molar-refractivity contribution in [3.8, 4) is 6.07 Å². The molecule has 2 amide bonds. The molecule has 0 aromatic heterocycles. The molecule has 78 valence electrons. The monoisotopic (exact) mass is 211 g/mol. The van der Waals surface area contributed by atoms with Crippen molar-refractivity contribution >= 4 is 11.7 Å². The summed E-state index contributed by atoms with van der Waals surface area (Å²) in [5.74, 6) is -1.60. The lowest BCUT2D eigenvalue weighted by Crippen LogP contribution is -2.29. The van der Waals surface area contributed by atoms with Crippen LogP contribution < -0.4 is 10.6 Å². The number of nitrogens with one attached hydrogen (secondary N) is 2. The summed E-state index contributed by atoms with van der Waals surface area (Å²) in [6, 6.07) is 3.73. The highest BCUT2D eigenvalue weighted by Crippen LogP contribution is 2.14. The molecule has 0 aliphatic carbocycles. The molecule has 0 fully saturated rings. The van der Waals surface area contributed by atoms with E-state index >= 15 is 0 Å². The Balaban J connectivity index is 2.65. The minimum atomic E-state index is -0.873. The predicted molar refractivity (Wildman–Crippen MR) is 49.0 cm³/mol. The fourth-order valence-corrected chi connectivity index (χ4v) is 0.877. The second-order valence-electron chi connectivity index (χ2n) is 2.59. The van der Waals surface area contributed by atoms with Gasteiger partial charge in [0.15, 0.2) is 0 Å². The van der Waals surface area contributed by atoms with E-state index in [9.17, 15) is 13.6 Å². The number of carbonyl (C=O) groups excluding carboxylic acids is 1. The number of anilines is 1. The van der Waals surface area contributed by atoms with E-state index in [1.807, 2.05) is 0 Å². The highest BCUT2D eigenvalue weighted by atomic mass is 19.1. The molecule has 4 nitrogen and oxygen atoms in total. The van der Waals surface area contributed by atoms with Gasteiger partial charge in [-0.3, -0.25) is 0 Å². The van der Waals surface area contributed by atoms with Gasteiger partial charge in [0.05, 0.1) is 11.8 Å². The molecule has 0 atom stereocenters. The molecule has 0 saturated heterocycles. The average Bonchev–Trinajstić information content (AvgIpc) is 2.19. The summed E-state index contributed by atoms with van der Waals surface area (Å²) in [5.41, 5.74) is -0.146. The summed E-state index contributed by atoms with van der Waals surface area (Å²) >= 11 is 0. The standard InChI is InChI=1S/C9H7F2N3O/c10-6-1-2-8(7(11)5-6)14-9(15)13-4-3-12/h1-2,5H,4H2,(H2,13,14,15). The molecule has 0 saturated carbocycles. The number of carbonyl (C=O) groups is 1. The van der Waals surface area contributed by atoms with Crippen molar-refractivity contribution in [3.05, 3.63) is 29.8 Å². The van der Waals surface area contributed by atoms with E-state index in [0.29, 0.717) is 6.07 Å². The lowest BCUT2D eigenvalue weighted by atomic mass is 10.3. The Labute approximate surface area is 84.5 Å². The number of amides is 2. The number of nitriles is 1. The molecule has 1 aromatic carbocycles. The number of hydrogen-bond acceptors (Lipinski definition) is 2. The maximum atomic E-state index is 13.0. The fraction of sp³-hybridized carbons (Fsp3) is 0.111. The molecular weight excluding hydrogens is 204 g/mol. The molecular formula is C9H7F2N3O. The fourth-order valence-electron chi connectivity index (χ4n) is 0.877. The zero-order chi connectivity index (χ0) is 11.3. The molecule has 1 rings (SSSR count). The van der Waals surface area contributed by atoms with Crippen molar-refractivity contribution in [2.45, 2.75) is 0 Å². The van der Waals surface area contributed by atoms with Gasteiger partial charge < -0.3 is 10.6 Å². The predicted octanol–water partition coefficient (Wildman–Crippen LogP) is 1.61. The largest absolute Gasteiger partial charge is 0.325 e. The lowest BCUT2D eigenvalue weighted by molar-refractivity contribution is 0.253. The Morgan fingerprint density at radius 3 is 2.80 bits per heavy atom. The van der Waals surface area contributed by atoms with Gasteiger partial charge in [-0.1, -0.05) is 0 Å². The summed E-state index contributed by atoms with van der Waals surface area (Å²) in [6.45, 7) is -0.186. The third-order valence-corrected chi connectivity index (χ3v) is 1.51. The van der Waals surface area contributed by atoms with Crippen molar-refractivity contribution in [2.75, 3.05) is 11.9 Å². The van der Waals surface area contributed by atoms with Crippen LogP contribution in [0, 0.1) is 23.0 Å². The molecule has 15 heavy (non-hydrogen) atoms. The first-order chi connectivity index (χ1) is 7.13. The van der Waals surface area contributed by atoms with Crippen LogP contribution >= 0.6 is 0 Å². The van der Waals surface area contributed by atoms with Gasteiger partial charge in [0, 0.05) is 6.07 Å². The van der Waals surface area contributed by atoms with Crippen molar-refractivity contribution in [3.63, 3.8) is 0 Å². The number of urea groups is 1. The van der Waals surface area contributed by atoms with Gasteiger partial charge in [-0.05, 0) is 12.1 Å². The van der Waals surface area contributed by atoms with Gasteiger partial charge in [0.1, 0.15) is 18.2 Å². The number of halogens is 2. The summed E-state index contributed by atoms with van der Waals surface area (Å²) in [6.07, 6.45) is 0. The maximum Gasteiger partial charge on any atom is 0.320 e. The van der Waals surface area contributed by atoms with E-state index in [0.717, 1.165) is 12.1 Å². The molecule has 0 aliphatic heterocycles. The van der Waals surface area contributed by atoms with Gasteiger partial charge in [0.2, 0.25) is 0 Å². The Morgan fingerprint density at radius 2 is 2.20 bits per heavy atom. The van der Waals surface area contributed by atoms with Gasteiger partial charge in [-0.15, -0.1) is 0 Å². The second kappa shape index (κ2) is 4.91. The third kappa shape index (κ3) is 3.23. The lowest BCUT2D eigenvalue weighted by Gasteiger charge is -2.05.